The van der Waals surface area contributed by atoms with Crippen molar-refractivity contribution in [2.24, 2.45) is 0 Å². The number of ether oxygens (including phenoxy) is 2. The van der Waals surface area contributed by atoms with Crippen LogP contribution in [0.15, 0.2) is 24.3 Å². The summed E-state index contributed by atoms with van der Waals surface area (Å²) in [7, 11) is 0. The summed E-state index contributed by atoms with van der Waals surface area (Å²) < 4.78 is 12.6. The molecule has 10 nitrogen and oxygen atoms in total. The van der Waals surface area contributed by atoms with E-state index in [1.807, 2.05) is 0 Å². The Labute approximate surface area is 210 Å². The molecule has 1 saturated carbocycles. The van der Waals surface area contributed by atoms with Crippen LogP contribution in [0, 0.1) is 0 Å². The fourth-order valence-corrected chi connectivity index (χ4v) is 5.15. The number of hydrogen-bond acceptors (Lipinski definition) is 6. The van der Waals surface area contributed by atoms with Crippen LogP contribution in [0.2, 0.25) is 0 Å². The van der Waals surface area contributed by atoms with E-state index in [0.717, 1.165) is 38.5 Å². The van der Waals surface area contributed by atoms with E-state index >= 15 is 0 Å². The van der Waals surface area contributed by atoms with Gasteiger partial charge in [0.1, 0.15) is 24.4 Å². The topological polar surface area (TPSA) is 115 Å². The van der Waals surface area contributed by atoms with Gasteiger partial charge in [0.25, 0.3) is 11.8 Å². The first-order valence-corrected chi connectivity index (χ1v) is 12.8. The molecule has 1 fully saturated rings. The molecule has 3 heterocycles. The van der Waals surface area contributed by atoms with E-state index in [1.54, 1.807) is 30.0 Å². The molecule has 1 atom stereocenters. The molecular weight excluding hydrogens is 462 g/mol. The molecule has 1 aromatic heterocycles. The number of hydrogen-bond donors (Lipinski definition) is 2. The molecule has 36 heavy (non-hydrogen) atoms. The number of anilines is 1. The quantitative estimate of drug-likeness (QED) is 0.610. The highest BCUT2D eigenvalue weighted by Crippen LogP contribution is 2.33. The van der Waals surface area contributed by atoms with Gasteiger partial charge in [-0.05, 0) is 38.3 Å². The highest BCUT2D eigenvalue weighted by molar-refractivity contribution is 6.06. The van der Waals surface area contributed by atoms with Gasteiger partial charge in [0.15, 0.2) is 17.2 Å². The minimum Gasteiger partial charge on any atom is -0.486 e. The summed E-state index contributed by atoms with van der Waals surface area (Å²) in [4.78, 5) is 41.7. The molecule has 3 aliphatic rings. The molecule has 3 amide bonds. The zero-order valence-corrected chi connectivity index (χ0v) is 20.8. The fourth-order valence-electron chi connectivity index (χ4n) is 5.15. The second-order valence-electron chi connectivity index (χ2n) is 9.92. The Morgan fingerprint density at radius 1 is 1.14 bits per heavy atom. The third kappa shape index (κ3) is 4.52. The molecule has 2 aliphatic heterocycles. The lowest BCUT2D eigenvalue weighted by atomic mass is 9.94. The van der Waals surface area contributed by atoms with Crippen LogP contribution in [0.4, 0.5) is 5.69 Å². The molecule has 192 valence electrons. The van der Waals surface area contributed by atoms with Crippen molar-refractivity contribution in [3.8, 4) is 11.5 Å². The van der Waals surface area contributed by atoms with Crippen molar-refractivity contribution in [2.75, 3.05) is 25.1 Å². The van der Waals surface area contributed by atoms with Gasteiger partial charge in [0.2, 0.25) is 5.91 Å². The lowest BCUT2D eigenvalue weighted by Gasteiger charge is -2.43. The van der Waals surface area contributed by atoms with E-state index in [1.165, 1.54) is 10.7 Å². The molecule has 1 aliphatic carbocycles. The first-order chi connectivity index (χ1) is 17.4. The molecule has 0 saturated heterocycles. The van der Waals surface area contributed by atoms with Crippen LogP contribution in [0.5, 0.6) is 11.5 Å². The summed E-state index contributed by atoms with van der Waals surface area (Å²) in [5, 5.41) is 10.4. The maximum Gasteiger partial charge on any atom is 0.276 e. The van der Waals surface area contributed by atoms with Crippen molar-refractivity contribution < 1.29 is 23.9 Å². The Hall–Kier alpha value is -3.56. The Kier molecular flexibility index (Phi) is 6.59. The Morgan fingerprint density at radius 2 is 1.89 bits per heavy atom. The van der Waals surface area contributed by atoms with Crippen molar-refractivity contribution in [3.63, 3.8) is 0 Å². The molecular formula is C26H33N5O5. The first kappa shape index (κ1) is 24.1. The van der Waals surface area contributed by atoms with Gasteiger partial charge in [-0.15, -0.1) is 0 Å². The molecule has 5 rings (SSSR count). The van der Waals surface area contributed by atoms with Gasteiger partial charge < -0.3 is 25.0 Å². The third-order valence-electron chi connectivity index (χ3n) is 7.25. The number of benzene rings is 1. The number of carbonyl (C=O) groups is 3. The third-order valence-corrected chi connectivity index (χ3v) is 7.25. The number of nitrogens with zero attached hydrogens (tertiary/aromatic N) is 3. The van der Waals surface area contributed by atoms with Crippen molar-refractivity contribution in [1.82, 2.24) is 20.0 Å². The van der Waals surface area contributed by atoms with E-state index in [-0.39, 0.29) is 30.1 Å². The maximum absolute atomic E-state index is 13.6. The fraction of sp³-hybridized carbons (Fsp3) is 0.538. The summed E-state index contributed by atoms with van der Waals surface area (Å²) in [6, 6.07) is 6.81. The number of rotatable bonds is 7. The summed E-state index contributed by atoms with van der Waals surface area (Å²) in [6.07, 6.45) is 5.80. The van der Waals surface area contributed by atoms with Crippen LogP contribution in [0.25, 0.3) is 0 Å². The molecule has 10 heteroatoms. The number of carbonyl (C=O) groups excluding carboxylic acids is 3. The zero-order valence-electron chi connectivity index (χ0n) is 20.8. The molecule has 0 radical (unpaired) electrons. The summed E-state index contributed by atoms with van der Waals surface area (Å²) in [6.45, 7) is 5.43. The van der Waals surface area contributed by atoms with Crippen molar-refractivity contribution in [3.05, 3.63) is 35.7 Å². The summed E-state index contributed by atoms with van der Waals surface area (Å²) >= 11 is 0. The average Bonchev–Trinajstić information content (AvgIpc) is 3.54. The molecule has 0 bridgehead atoms. The zero-order chi connectivity index (χ0) is 25.3. The van der Waals surface area contributed by atoms with E-state index in [4.69, 9.17) is 9.47 Å². The van der Waals surface area contributed by atoms with Crippen LogP contribution < -0.4 is 20.1 Å². The van der Waals surface area contributed by atoms with Crippen molar-refractivity contribution in [2.45, 2.75) is 70.5 Å². The Morgan fingerprint density at radius 3 is 2.64 bits per heavy atom. The summed E-state index contributed by atoms with van der Waals surface area (Å²) in [5.41, 5.74) is -0.127. The smallest absolute Gasteiger partial charge is 0.276 e. The minimum absolute atomic E-state index is 0.115. The molecule has 2 N–H and O–H groups in total. The highest BCUT2D eigenvalue weighted by Gasteiger charge is 2.48. The minimum atomic E-state index is -1.09. The van der Waals surface area contributed by atoms with E-state index in [9.17, 15) is 14.4 Å². The van der Waals surface area contributed by atoms with Gasteiger partial charge in [-0.1, -0.05) is 26.2 Å². The molecule has 1 aromatic carbocycles. The monoisotopic (exact) mass is 495 g/mol. The predicted octanol–water partition coefficient (Wildman–Crippen LogP) is 2.98. The highest BCUT2D eigenvalue weighted by atomic mass is 16.6. The van der Waals surface area contributed by atoms with Gasteiger partial charge >= 0.3 is 0 Å². The first-order valence-electron chi connectivity index (χ1n) is 12.8. The predicted molar refractivity (Wildman–Crippen MR) is 132 cm³/mol. The second-order valence-corrected chi connectivity index (χ2v) is 9.92. The Bertz CT molecular complexity index is 1170. The van der Waals surface area contributed by atoms with Crippen LogP contribution in [0.1, 0.15) is 73.3 Å². The van der Waals surface area contributed by atoms with Crippen LogP contribution >= 0.6 is 0 Å². The van der Waals surface area contributed by atoms with Crippen LogP contribution in [0.3, 0.4) is 0 Å². The average molecular weight is 496 g/mol. The number of nitrogens with one attached hydrogen (secondary N) is 2. The largest absolute Gasteiger partial charge is 0.486 e. The number of amides is 3. The lowest BCUT2D eigenvalue weighted by molar-refractivity contribution is -0.133. The number of aromatic nitrogens is 2. The molecule has 1 unspecified atom stereocenters. The van der Waals surface area contributed by atoms with Gasteiger partial charge in [-0.3, -0.25) is 19.1 Å². The molecule has 0 spiro atoms. The maximum atomic E-state index is 13.6. The second kappa shape index (κ2) is 9.83. The van der Waals surface area contributed by atoms with Crippen LogP contribution in [-0.2, 0) is 11.3 Å². The molecule has 2 aromatic rings. The van der Waals surface area contributed by atoms with Crippen molar-refractivity contribution in [1.29, 1.82) is 0 Å². The van der Waals surface area contributed by atoms with E-state index in [0.29, 0.717) is 42.6 Å². The van der Waals surface area contributed by atoms with Gasteiger partial charge in [-0.2, -0.15) is 5.10 Å². The van der Waals surface area contributed by atoms with Crippen molar-refractivity contribution >= 4 is 23.4 Å². The SMILES string of the molecule is CCCCN1C(=O)c2cc(C(=O)Nc3ccc4c(c3)OCCO4)nn2CC1(C)C(=O)NC1CCCC1. The van der Waals surface area contributed by atoms with E-state index < -0.39 is 11.4 Å². The van der Waals surface area contributed by atoms with E-state index in [2.05, 4.69) is 22.7 Å². The summed E-state index contributed by atoms with van der Waals surface area (Å²) in [5.74, 6) is 0.295. The van der Waals surface area contributed by atoms with Gasteiger partial charge in [0, 0.05) is 30.4 Å². The van der Waals surface area contributed by atoms with Gasteiger partial charge in [0.05, 0.1) is 6.54 Å². The number of fused-ring (bicyclic) bond motifs is 2. The van der Waals surface area contributed by atoms with Gasteiger partial charge in [-0.25, -0.2) is 0 Å². The standard InChI is InChI=1S/C26H33N5O5/c1-3-4-11-30-24(33)20-15-19(23(32)27-18-9-10-21-22(14-18)36-13-12-35-21)29-31(20)16-26(30,2)25(34)28-17-7-5-6-8-17/h9-10,14-15,17H,3-8,11-13,16H2,1-2H3,(H,27,32)(H,28,34). The normalized spacial score (nSPS) is 21.3. The number of unbranched alkanes of at least 4 members (excludes halogenated alkanes) is 1. The lowest BCUT2D eigenvalue weighted by Crippen LogP contribution is -2.65. The van der Waals surface area contributed by atoms with Crippen LogP contribution in [-0.4, -0.2) is 63.7 Å². The Balaban J connectivity index is 1.38.